The molecule has 5 heteroatoms. The molecule has 0 radical (unpaired) electrons. The van der Waals surface area contributed by atoms with Crippen LogP contribution in [0.4, 0.5) is 0 Å². The van der Waals surface area contributed by atoms with E-state index in [2.05, 4.69) is 0 Å². The molecule has 0 N–H and O–H groups in total. The fourth-order valence-corrected chi connectivity index (χ4v) is 1.38. The van der Waals surface area contributed by atoms with Gasteiger partial charge in [-0.25, -0.2) is 0 Å². The second-order valence-electron chi connectivity index (χ2n) is 4.31. The van der Waals surface area contributed by atoms with Crippen LogP contribution in [0.3, 0.4) is 0 Å². The lowest BCUT2D eigenvalue weighted by molar-refractivity contribution is -0.124. The van der Waals surface area contributed by atoms with Crippen LogP contribution in [0.15, 0.2) is 24.3 Å². The zero-order valence-electron chi connectivity index (χ0n) is 10.9. The molecule has 0 bridgehead atoms. The molecule has 2 amide bonds. The third kappa shape index (κ3) is 2.94. The number of hydrogen-bond acceptors (Lipinski definition) is 3. The molecule has 0 atom stereocenters. The number of amides is 2. The third-order valence-corrected chi connectivity index (χ3v) is 2.38. The van der Waals surface area contributed by atoms with E-state index in [0.717, 1.165) is 0 Å². The van der Waals surface area contributed by atoms with E-state index in [4.69, 9.17) is 0 Å². The monoisotopic (exact) mass is 248 g/mol. The topological polar surface area (TPSA) is 57.7 Å². The molecule has 18 heavy (non-hydrogen) atoms. The van der Waals surface area contributed by atoms with E-state index in [1.54, 1.807) is 26.2 Å². The van der Waals surface area contributed by atoms with Crippen molar-refractivity contribution in [3.63, 3.8) is 0 Å². The number of nitrogens with zero attached hydrogens (tertiary/aromatic N) is 2. The lowest BCUT2D eigenvalue weighted by Crippen LogP contribution is -2.30. The van der Waals surface area contributed by atoms with Crippen LogP contribution in [0.25, 0.3) is 0 Å². The number of ketones is 1. The van der Waals surface area contributed by atoms with Gasteiger partial charge in [-0.3, -0.25) is 14.4 Å². The van der Waals surface area contributed by atoms with Crippen molar-refractivity contribution >= 4 is 17.6 Å². The first-order valence-corrected chi connectivity index (χ1v) is 5.42. The van der Waals surface area contributed by atoms with Crippen LogP contribution in [-0.4, -0.2) is 55.6 Å². The number of rotatable bonds is 3. The first-order chi connectivity index (χ1) is 8.34. The van der Waals surface area contributed by atoms with E-state index in [1.165, 1.54) is 36.0 Å². The Labute approximate surface area is 106 Å². The summed E-state index contributed by atoms with van der Waals surface area (Å²) >= 11 is 0. The van der Waals surface area contributed by atoms with Crippen molar-refractivity contribution in [2.75, 3.05) is 28.2 Å². The maximum Gasteiger partial charge on any atom is 0.294 e. The second kappa shape index (κ2) is 5.44. The highest BCUT2D eigenvalue weighted by Gasteiger charge is 2.19. The van der Waals surface area contributed by atoms with Gasteiger partial charge in [0.2, 0.25) is 5.78 Å². The van der Waals surface area contributed by atoms with E-state index in [1.807, 2.05) is 0 Å². The fraction of sp³-hybridized carbons (Fsp3) is 0.308. The molecule has 0 aliphatic carbocycles. The first-order valence-electron chi connectivity index (χ1n) is 5.42. The smallest absolute Gasteiger partial charge is 0.294 e. The summed E-state index contributed by atoms with van der Waals surface area (Å²) in [7, 11) is 6.27. The molecule has 1 aromatic carbocycles. The summed E-state index contributed by atoms with van der Waals surface area (Å²) in [5, 5.41) is 0. The standard InChI is InChI=1S/C13H16N2O3/c1-14(2)12(17)10-7-5-6-9(8-10)11(16)13(18)15(3)4/h5-8H,1-4H3. The predicted molar refractivity (Wildman–Crippen MR) is 67.5 cm³/mol. The Bertz CT molecular complexity index is 493. The summed E-state index contributed by atoms with van der Waals surface area (Å²) < 4.78 is 0. The molecule has 0 saturated heterocycles. The molecule has 0 unspecified atom stereocenters. The molecular weight excluding hydrogens is 232 g/mol. The Balaban J connectivity index is 3.06. The van der Waals surface area contributed by atoms with Gasteiger partial charge in [-0.2, -0.15) is 0 Å². The number of carbonyl (C=O) groups is 3. The second-order valence-corrected chi connectivity index (χ2v) is 4.31. The minimum absolute atomic E-state index is 0.207. The van der Waals surface area contributed by atoms with Crippen LogP contribution >= 0.6 is 0 Å². The van der Waals surface area contributed by atoms with Gasteiger partial charge < -0.3 is 9.80 Å². The molecule has 0 aliphatic rings. The van der Waals surface area contributed by atoms with Crippen LogP contribution in [0, 0.1) is 0 Å². The molecule has 5 nitrogen and oxygen atoms in total. The van der Waals surface area contributed by atoms with E-state index < -0.39 is 11.7 Å². The van der Waals surface area contributed by atoms with Crippen molar-refractivity contribution in [3.8, 4) is 0 Å². The normalized spacial score (nSPS) is 9.78. The van der Waals surface area contributed by atoms with Crippen LogP contribution in [-0.2, 0) is 4.79 Å². The molecular formula is C13H16N2O3. The molecule has 0 heterocycles. The molecule has 0 saturated carbocycles. The summed E-state index contributed by atoms with van der Waals surface area (Å²) in [4.78, 5) is 37.7. The Morgan fingerprint density at radius 3 is 1.94 bits per heavy atom. The zero-order valence-corrected chi connectivity index (χ0v) is 10.9. The third-order valence-electron chi connectivity index (χ3n) is 2.38. The van der Waals surface area contributed by atoms with Crippen molar-refractivity contribution in [2.24, 2.45) is 0 Å². The maximum absolute atomic E-state index is 11.8. The number of carbonyl (C=O) groups excluding carboxylic acids is 3. The predicted octanol–water partition coefficient (Wildman–Crippen LogP) is 0.659. The maximum atomic E-state index is 11.8. The molecule has 1 aromatic rings. The summed E-state index contributed by atoms with van der Waals surface area (Å²) in [5.74, 6) is -1.43. The van der Waals surface area contributed by atoms with Crippen molar-refractivity contribution in [1.82, 2.24) is 9.80 Å². The van der Waals surface area contributed by atoms with Gasteiger partial charge in [-0.1, -0.05) is 12.1 Å². The molecule has 0 aliphatic heterocycles. The van der Waals surface area contributed by atoms with Gasteiger partial charge in [0.1, 0.15) is 0 Å². The lowest BCUT2D eigenvalue weighted by atomic mass is 10.1. The summed E-state index contributed by atoms with van der Waals surface area (Å²) in [5.41, 5.74) is 0.610. The minimum atomic E-state index is -0.617. The Morgan fingerprint density at radius 1 is 0.889 bits per heavy atom. The lowest BCUT2D eigenvalue weighted by Gasteiger charge is -2.12. The average Bonchev–Trinajstić information content (AvgIpc) is 2.35. The van der Waals surface area contributed by atoms with E-state index in [0.29, 0.717) is 5.56 Å². The Morgan fingerprint density at radius 2 is 1.44 bits per heavy atom. The zero-order chi connectivity index (χ0) is 13.9. The average molecular weight is 248 g/mol. The van der Waals surface area contributed by atoms with E-state index in [-0.39, 0.29) is 11.5 Å². The van der Waals surface area contributed by atoms with Crippen molar-refractivity contribution < 1.29 is 14.4 Å². The number of Topliss-reactive ketones (excluding diaryl/α,β-unsaturated/α-hetero) is 1. The quantitative estimate of drug-likeness (QED) is 0.583. The van der Waals surface area contributed by atoms with Gasteiger partial charge in [0.05, 0.1) is 0 Å². The molecule has 1 rings (SSSR count). The Kier molecular flexibility index (Phi) is 4.20. The highest BCUT2D eigenvalue weighted by Crippen LogP contribution is 2.09. The van der Waals surface area contributed by atoms with Crippen LogP contribution in [0.1, 0.15) is 20.7 Å². The minimum Gasteiger partial charge on any atom is -0.345 e. The van der Waals surface area contributed by atoms with Gasteiger partial charge in [0.25, 0.3) is 11.8 Å². The van der Waals surface area contributed by atoms with Gasteiger partial charge in [-0.05, 0) is 12.1 Å². The van der Waals surface area contributed by atoms with Crippen LogP contribution < -0.4 is 0 Å². The van der Waals surface area contributed by atoms with Gasteiger partial charge in [0.15, 0.2) is 0 Å². The molecule has 0 fully saturated rings. The van der Waals surface area contributed by atoms with E-state index >= 15 is 0 Å². The molecule has 0 aromatic heterocycles. The summed E-state index contributed by atoms with van der Waals surface area (Å²) in [6, 6.07) is 6.16. The first kappa shape index (κ1) is 13.9. The number of hydrogen-bond donors (Lipinski definition) is 0. The van der Waals surface area contributed by atoms with Crippen LogP contribution in [0.5, 0.6) is 0 Å². The van der Waals surface area contributed by atoms with Crippen molar-refractivity contribution in [1.29, 1.82) is 0 Å². The van der Waals surface area contributed by atoms with Crippen molar-refractivity contribution in [3.05, 3.63) is 35.4 Å². The highest BCUT2D eigenvalue weighted by atomic mass is 16.2. The van der Waals surface area contributed by atoms with Gasteiger partial charge >= 0.3 is 0 Å². The van der Waals surface area contributed by atoms with Crippen LogP contribution in [0.2, 0.25) is 0 Å². The SMILES string of the molecule is CN(C)C(=O)C(=O)c1cccc(C(=O)N(C)C)c1. The Hall–Kier alpha value is -2.17. The summed E-state index contributed by atoms with van der Waals surface area (Å²) in [6.45, 7) is 0. The molecule has 96 valence electrons. The molecule has 0 spiro atoms. The number of likely N-dealkylation sites (N-methyl/N-ethyl adjacent to an activating group) is 1. The number of benzene rings is 1. The van der Waals surface area contributed by atoms with Crippen molar-refractivity contribution in [2.45, 2.75) is 0 Å². The fourth-order valence-electron chi connectivity index (χ4n) is 1.38. The van der Waals surface area contributed by atoms with E-state index in [9.17, 15) is 14.4 Å². The highest BCUT2D eigenvalue weighted by molar-refractivity contribution is 6.42. The summed E-state index contributed by atoms with van der Waals surface area (Å²) in [6.07, 6.45) is 0. The van der Waals surface area contributed by atoms with Gasteiger partial charge in [-0.15, -0.1) is 0 Å². The largest absolute Gasteiger partial charge is 0.345 e. The van der Waals surface area contributed by atoms with Gasteiger partial charge in [0, 0.05) is 39.3 Å².